The van der Waals surface area contributed by atoms with Gasteiger partial charge in [-0.1, -0.05) is 6.42 Å². The number of rotatable bonds is 0. The Bertz CT molecular complexity index is 181. The first kappa shape index (κ1) is 8.83. The van der Waals surface area contributed by atoms with Crippen LogP contribution in [-0.4, -0.2) is 13.1 Å². The van der Waals surface area contributed by atoms with Gasteiger partial charge in [0.15, 0.2) is 0 Å². The molecule has 1 aliphatic heterocycles. The Morgan fingerprint density at radius 3 is 2.55 bits per heavy atom. The summed E-state index contributed by atoms with van der Waals surface area (Å²) in [6, 6.07) is 2.39. The minimum atomic E-state index is 0. The van der Waals surface area contributed by atoms with E-state index in [1.165, 1.54) is 19.3 Å². The van der Waals surface area contributed by atoms with E-state index < -0.39 is 0 Å². The van der Waals surface area contributed by atoms with Crippen LogP contribution in [0, 0.1) is 22.7 Å². The summed E-state index contributed by atoms with van der Waals surface area (Å²) in [4.78, 5) is 0. The van der Waals surface area contributed by atoms with Gasteiger partial charge in [-0.25, -0.2) is 0 Å². The largest absolute Gasteiger partial charge is 0.315 e. The van der Waals surface area contributed by atoms with Gasteiger partial charge < -0.3 is 5.32 Å². The molecule has 0 aromatic rings. The molecule has 1 saturated carbocycles. The molecule has 0 bridgehead atoms. The third-order valence-corrected chi connectivity index (χ3v) is 3.07. The van der Waals surface area contributed by atoms with Crippen molar-refractivity contribution in [1.29, 1.82) is 5.26 Å². The lowest BCUT2D eigenvalue weighted by Gasteiger charge is -2.39. The lowest BCUT2D eigenvalue weighted by atomic mass is 9.63. The Labute approximate surface area is 73.4 Å². The van der Waals surface area contributed by atoms with Crippen LogP contribution in [-0.2, 0) is 0 Å². The van der Waals surface area contributed by atoms with Crippen LogP contribution in [0.4, 0.5) is 0 Å². The van der Waals surface area contributed by atoms with Crippen LogP contribution in [0.2, 0.25) is 0 Å². The van der Waals surface area contributed by atoms with Crippen LogP contribution >= 0.6 is 12.4 Å². The van der Waals surface area contributed by atoms with E-state index in [0.29, 0.717) is 11.3 Å². The smallest absolute Gasteiger partial charge is 0.0675 e. The molecule has 1 atom stereocenters. The summed E-state index contributed by atoms with van der Waals surface area (Å²) in [5, 5.41) is 12.1. The molecule has 0 radical (unpaired) electrons. The van der Waals surface area contributed by atoms with Crippen LogP contribution < -0.4 is 5.32 Å². The van der Waals surface area contributed by atoms with Gasteiger partial charge in [-0.05, 0) is 18.3 Å². The number of halogens is 1. The standard InChI is InChI=1S/C8H12N2.ClH/c9-4-7-5-10-6-8(7)2-1-3-8;/h7,10H,1-3,5-6H2;1H. The zero-order chi connectivity index (χ0) is 7.03. The summed E-state index contributed by atoms with van der Waals surface area (Å²) in [7, 11) is 0. The summed E-state index contributed by atoms with van der Waals surface area (Å²) >= 11 is 0. The lowest BCUT2D eigenvalue weighted by Crippen LogP contribution is -2.36. The number of nitrogens with zero attached hydrogens (tertiary/aromatic N) is 1. The Morgan fingerprint density at radius 2 is 2.18 bits per heavy atom. The lowest BCUT2D eigenvalue weighted by molar-refractivity contribution is 0.126. The van der Waals surface area contributed by atoms with E-state index in [0.717, 1.165) is 13.1 Å². The third kappa shape index (κ3) is 1.13. The summed E-state index contributed by atoms with van der Waals surface area (Å²) in [6.45, 7) is 2.02. The molecule has 11 heavy (non-hydrogen) atoms. The molecule has 0 aromatic heterocycles. The van der Waals surface area contributed by atoms with Crippen molar-refractivity contribution in [3.05, 3.63) is 0 Å². The SMILES string of the molecule is Cl.N#CC1CNCC12CCC2. The Hall–Kier alpha value is -0.260. The predicted octanol–water partition coefficient (Wildman–Crippen LogP) is 1.32. The molecule has 0 amide bonds. The Morgan fingerprint density at radius 1 is 1.45 bits per heavy atom. The van der Waals surface area contributed by atoms with Gasteiger partial charge in [-0.2, -0.15) is 5.26 Å². The molecule has 2 aliphatic rings. The molecule has 1 N–H and O–H groups in total. The molecule has 62 valence electrons. The molecule has 1 spiro atoms. The highest BCUT2D eigenvalue weighted by Crippen LogP contribution is 2.48. The fourth-order valence-electron chi connectivity index (χ4n) is 2.14. The van der Waals surface area contributed by atoms with Gasteiger partial charge in [0, 0.05) is 13.1 Å². The Balaban J connectivity index is 0.000000605. The van der Waals surface area contributed by atoms with Crippen molar-refractivity contribution in [2.75, 3.05) is 13.1 Å². The van der Waals surface area contributed by atoms with Crippen molar-refractivity contribution in [3.8, 4) is 6.07 Å². The second kappa shape index (κ2) is 3.00. The molecule has 2 fully saturated rings. The number of hydrogen-bond acceptors (Lipinski definition) is 2. The van der Waals surface area contributed by atoms with E-state index in [9.17, 15) is 0 Å². The highest BCUT2D eigenvalue weighted by molar-refractivity contribution is 5.85. The van der Waals surface area contributed by atoms with Crippen molar-refractivity contribution in [3.63, 3.8) is 0 Å². The fraction of sp³-hybridized carbons (Fsp3) is 0.875. The quantitative estimate of drug-likeness (QED) is 0.599. The predicted molar refractivity (Wildman–Crippen MR) is 45.5 cm³/mol. The van der Waals surface area contributed by atoms with Crippen LogP contribution in [0.25, 0.3) is 0 Å². The second-order valence-corrected chi connectivity index (χ2v) is 3.53. The van der Waals surface area contributed by atoms with Gasteiger partial charge in [0.2, 0.25) is 0 Å². The molecule has 1 heterocycles. The number of nitrogens with one attached hydrogen (secondary N) is 1. The topological polar surface area (TPSA) is 35.8 Å². The molecular weight excluding hydrogens is 160 g/mol. The third-order valence-electron chi connectivity index (χ3n) is 3.07. The first-order valence-electron chi connectivity index (χ1n) is 3.98. The molecular formula is C8H13ClN2. The monoisotopic (exact) mass is 172 g/mol. The van der Waals surface area contributed by atoms with Crippen molar-refractivity contribution in [1.82, 2.24) is 5.32 Å². The normalized spacial score (nSPS) is 32.1. The molecule has 3 heteroatoms. The Kier molecular flexibility index (Phi) is 2.41. The van der Waals surface area contributed by atoms with E-state index in [-0.39, 0.29) is 12.4 Å². The summed E-state index contributed by atoms with van der Waals surface area (Å²) in [6.07, 6.45) is 3.89. The van der Waals surface area contributed by atoms with Crippen LogP contribution in [0.3, 0.4) is 0 Å². The van der Waals surface area contributed by atoms with Gasteiger partial charge >= 0.3 is 0 Å². The maximum Gasteiger partial charge on any atom is 0.0675 e. The number of nitriles is 1. The zero-order valence-electron chi connectivity index (χ0n) is 6.47. The van der Waals surface area contributed by atoms with Gasteiger partial charge in [0.25, 0.3) is 0 Å². The highest BCUT2D eigenvalue weighted by Gasteiger charge is 2.47. The van der Waals surface area contributed by atoms with Gasteiger partial charge in [-0.15, -0.1) is 12.4 Å². The average molecular weight is 173 g/mol. The minimum Gasteiger partial charge on any atom is -0.315 e. The molecule has 1 unspecified atom stereocenters. The zero-order valence-corrected chi connectivity index (χ0v) is 7.28. The van der Waals surface area contributed by atoms with E-state index in [1.807, 2.05) is 0 Å². The minimum absolute atomic E-state index is 0. The molecule has 1 aliphatic carbocycles. The van der Waals surface area contributed by atoms with Crippen molar-refractivity contribution in [2.45, 2.75) is 19.3 Å². The number of hydrogen-bond donors (Lipinski definition) is 1. The van der Waals surface area contributed by atoms with E-state index in [2.05, 4.69) is 11.4 Å². The molecule has 1 saturated heterocycles. The van der Waals surface area contributed by atoms with Crippen LogP contribution in [0.15, 0.2) is 0 Å². The van der Waals surface area contributed by atoms with Crippen LogP contribution in [0.5, 0.6) is 0 Å². The highest BCUT2D eigenvalue weighted by atomic mass is 35.5. The molecule has 2 nitrogen and oxygen atoms in total. The maximum absolute atomic E-state index is 8.78. The van der Waals surface area contributed by atoms with Crippen molar-refractivity contribution in [2.24, 2.45) is 11.3 Å². The van der Waals surface area contributed by atoms with E-state index in [4.69, 9.17) is 5.26 Å². The summed E-state index contributed by atoms with van der Waals surface area (Å²) in [5.74, 6) is 0.307. The van der Waals surface area contributed by atoms with Crippen molar-refractivity contribution >= 4 is 12.4 Å². The summed E-state index contributed by atoms with van der Waals surface area (Å²) < 4.78 is 0. The fourth-order valence-corrected chi connectivity index (χ4v) is 2.14. The summed E-state index contributed by atoms with van der Waals surface area (Å²) in [5.41, 5.74) is 0.411. The molecule has 0 aromatic carbocycles. The van der Waals surface area contributed by atoms with Crippen molar-refractivity contribution < 1.29 is 0 Å². The first-order valence-corrected chi connectivity index (χ1v) is 3.98. The first-order chi connectivity index (χ1) is 4.87. The van der Waals surface area contributed by atoms with E-state index >= 15 is 0 Å². The average Bonchev–Trinajstić information content (AvgIpc) is 2.27. The second-order valence-electron chi connectivity index (χ2n) is 3.53. The van der Waals surface area contributed by atoms with Gasteiger partial charge in [0.1, 0.15) is 0 Å². The van der Waals surface area contributed by atoms with Crippen LogP contribution in [0.1, 0.15) is 19.3 Å². The maximum atomic E-state index is 8.78. The molecule has 2 rings (SSSR count). The van der Waals surface area contributed by atoms with Gasteiger partial charge in [0.05, 0.1) is 12.0 Å². The van der Waals surface area contributed by atoms with Gasteiger partial charge in [-0.3, -0.25) is 0 Å². The van der Waals surface area contributed by atoms with E-state index in [1.54, 1.807) is 0 Å².